The summed E-state index contributed by atoms with van der Waals surface area (Å²) in [4.78, 5) is 13.9. The molecule has 15 heavy (non-hydrogen) atoms. The van der Waals surface area contributed by atoms with Crippen molar-refractivity contribution in [2.24, 2.45) is 0 Å². The Labute approximate surface area is 91.5 Å². The molecule has 0 aromatic rings. The predicted molar refractivity (Wildman–Crippen MR) is 60.6 cm³/mol. The van der Waals surface area contributed by atoms with E-state index >= 15 is 0 Å². The summed E-state index contributed by atoms with van der Waals surface area (Å²) in [7, 11) is 2.21. The van der Waals surface area contributed by atoms with Crippen LogP contribution in [-0.4, -0.2) is 36.0 Å². The molecule has 3 nitrogen and oxygen atoms in total. The molecule has 0 aromatic heterocycles. The van der Waals surface area contributed by atoms with Gasteiger partial charge in [0.1, 0.15) is 0 Å². The van der Waals surface area contributed by atoms with E-state index in [0.29, 0.717) is 24.5 Å². The van der Waals surface area contributed by atoms with Crippen molar-refractivity contribution in [1.82, 2.24) is 10.2 Å². The van der Waals surface area contributed by atoms with Crippen LogP contribution in [0, 0.1) is 0 Å². The Morgan fingerprint density at radius 3 is 2.60 bits per heavy atom. The highest BCUT2D eigenvalue weighted by Gasteiger charge is 2.38. The molecule has 0 saturated carbocycles. The van der Waals surface area contributed by atoms with Crippen LogP contribution < -0.4 is 5.32 Å². The molecule has 2 rings (SSSR count). The van der Waals surface area contributed by atoms with Crippen LogP contribution in [0.1, 0.15) is 32.1 Å². The molecule has 3 heteroatoms. The zero-order valence-electron chi connectivity index (χ0n) is 9.41. The fraction of sp³-hybridized carbons (Fsp3) is 0.750. The van der Waals surface area contributed by atoms with Gasteiger partial charge in [-0.25, -0.2) is 0 Å². The van der Waals surface area contributed by atoms with Crippen LogP contribution >= 0.6 is 0 Å². The van der Waals surface area contributed by atoms with Gasteiger partial charge < -0.3 is 10.2 Å². The number of hydrogen-bond donors (Lipinski definition) is 1. The van der Waals surface area contributed by atoms with E-state index in [-0.39, 0.29) is 5.91 Å². The molecule has 84 valence electrons. The number of fused-ring (bicyclic) bond motifs is 2. The highest BCUT2D eigenvalue weighted by atomic mass is 16.1. The second kappa shape index (κ2) is 4.35. The Morgan fingerprint density at radius 1 is 1.47 bits per heavy atom. The number of amides is 1. The fourth-order valence-electron chi connectivity index (χ4n) is 2.95. The third-order valence-electron chi connectivity index (χ3n) is 3.79. The molecule has 1 N–H and O–H groups in total. The maximum atomic E-state index is 11.4. The first-order valence-corrected chi connectivity index (χ1v) is 5.83. The summed E-state index contributed by atoms with van der Waals surface area (Å²) < 4.78 is 0. The largest absolute Gasteiger partial charge is 0.353 e. The normalized spacial score (nSPS) is 35.1. The average Bonchev–Trinajstić information content (AvgIpc) is 2.43. The zero-order valence-corrected chi connectivity index (χ0v) is 9.41. The first-order chi connectivity index (χ1) is 7.20. The Hall–Kier alpha value is -0.830. The minimum Gasteiger partial charge on any atom is -0.353 e. The van der Waals surface area contributed by atoms with Crippen molar-refractivity contribution < 1.29 is 4.79 Å². The van der Waals surface area contributed by atoms with Crippen molar-refractivity contribution in [3.63, 3.8) is 0 Å². The van der Waals surface area contributed by atoms with Gasteiger partial charge in [0, 0.05) is 24.5 Å². The second-order valence-corrected chi connectivity index (χ2v) is 4.78. The molecule has 2 fully saturated rings. The molecule has 2 saturated heterocycles. The Balaban J connectivity index is 1.86. The van der Waals surface area contributed by atoms with Crippen molar-refractivity contribution in [2.75, 3.05) is 7.05 Å². The lowest BCUT2D eigenvalue weighted by atomic mass is 9.98. The summed E-state index contributed by atoms with van der Waals surface area (Å²) in [6, 6.07) is 1.78. The van der Waals surface area contributed by atoms with Gasteiger partial charge in [0.2, 0.25) is 5.91 Å². The minimum absolute atomic E-state index is 0.124. The van der Waals surface area contributed by atoms with E-state index in [1.807, 2.05) is 0 Å². The number of rotatable bonds is 3. The third kappa shape index (κ3) is 2.23. The maximum absolute atomic E-state index is 11.4. The molecular weight excluding hydrogens is 188 g/mol. The van der Waals surface area contributed by atoms with Gasteiger partial charge in [-0.3, -0.25) is 4.79 Å². The monoisotopic (exact) mass is 208 g/mol. The summed E-state index contributed by atoms with van der Waals surface area (Å²) >= 11 is 0. The van der Waals surface area contributed by atoms with E-state index in [2.05, 4.69) is 23.8 Å². The molecule has 0 aromatic carbocycles. The van der Waals surface area contributed by atoms with Crippen LogP contribution in [0.2, 0.25) is 0 Å². The summed E-state index contributed by atoms with van der Waals surface area (Å²) in [6.07, 6.45) is 6.95. The Bertz CT molecular complexity index is 250. The van der Waals surface area contributed by atoms with E-state index in [1.54, 1.807) is 6.08 Å². The third-order valence-corrected chi connectivity index (χ3v) is 3.79. The van der Waals surface area contributed by atoms with E-state index < -0.39 is 0 Å². The molecule has 2 aliphatic rings. The van der Waals surface area contributed by atoms with Gasteiger partial charge in [-0.05, 0) is 32.7 Å². The van der Waals surface area contributed by atoms with Crippen LogP contribution in [0.25, 0.3) is 0 Å². The fourth-order valence-corrected chi connectivity index (χ4v) is 2.95. The first-order valence-electron chi connectivity index (χ1n) is 5.83. The van der Waals surface area contributed by atoms with Crippen LogP contribution in [0.5, 0.6) is 0 Å². The highest BCUT2D eigenvalue weighted by molar-refractivity contribution is 5.77. The number of piperidine rings is 1. The maximum Gasteiger partial charge on any atom is 0.224 e. The van der Waals surface area contributed by atoms with E-state index in [9.17, 15) is 4.79 Å². The van der Waals surface area contributed by atoms with Crippen molar-refractivity contribution in [2.45, 2.75) is 50.2 Å². The van der Waals surface area contributed by atoms with Gasteiger partial charge in [-0.15, -0.1) is 6.58 Å². The second-order valence-electron chi connectivity index (χ2n) is 4.78. The summed E-state index contributed by atoms with van der Waals surface area (Å²) in [5, 5.41) is 3.10. The summed E-state index contributed by atoms with van der Waals surface area (Å²) in [6.45, 7) is 3.58. The Kier molecular flexibility index (Phi) is 3.10. The molecule has 2 heterocycles. The molecule has 2 bridgehead atoms. The Morgan fingerprint density at radius 2 is 2.07 bits per heavy atom. The van der Waals surface area contributed by atoms with Gasteiger partial charge in [0.05, 0.1) is 0 Å². The van der Waals surface area contributed by atoms with Crippen molar-refractivity contribution in [3.8, 4) is 0 Å². The quantitative estimate of drug-likeness (QED) is 0.709. The lowest BCUT2D eigenvalue weighted by Gasteiger charge is -2.36. The molecule has 2 atom stereocenters. The van der Waals surface area contributed by atoms with Crippen LogP contribution in [0.15, 0.2) is 12.7 Å². The van der Waals surface area contributed by atoms with Crippen molar-refractivity contribution >= 4 is 5.91 Å². The molecule has 2 unspecified atom stereocenters. The van der Waals surface area contributed by atoms with Gasteiger partial charge in [0.15, 0.2) is 0 Å². The van der Waals surface area contributed by atoms with Gasteiger partial charge in [-0.1, -0.05) is 6.08 Å². The van der Waals surface area contributed by atoms with E-state index in [4.69, 9.17) is 0 Å². The topological polar surface area (TPSA) is 32.3 Å². The van der Waals surface area contributed by atoms with Crippen molar-refractivity contribution in [1.29, 1.82) is 0 Å². The number of hydrogen-bond acceptors (Lipinski definition) is 2. The zero-order chi connectivity index (χ0) is 10.8. The van der Waals surface area contributed by atoms with Crippen LogP contribution in [-0.2, 0) is 4.79 Å². The molecule has 1 amide bonds. The number of carbonyl (C=O) groups excluding carboxylic acids is 1. The summed E-state index contributed by atoms with van der Waals surface area (Å²) in [5.74, 6) is 0.124. The minimum atomic E-state index is 0.124. The average molecular weight is 208 g/mol. The molecule has 0 radical (unpaired) electrons. The molecular formula is C12H20N2O. The van der Waals surface area contributed by atoms with E-state index in [1.165, 1.54) is 12.8 Å². The van der Waals surface area contributed by atoms with E-state index in [0.717, 1.165) is 12.8 Å². The molecule has 0 spiro atoms. The van der Waals surface area contributed by atoms with Gasteiger partial charge in [-0.2, -0.15) is 0 Å². The molecule has 0 aliphatic carbocycles. The van der Waals surface area contributed by atoms with Crippen molar-refractivity contribution in [3.05, 3.63) is 12.7 Å². The summed E-state index contributed by atoms with van der Waals surface area (Å²) in [5.41, 5.74) is 0. The number of nitrogens with one attached hydrogen (secondary N) is 1. The predicted octanol–water partition coefficient (Wildman–Crippen LogP) is 1.30. The van der Waals surface area contributed by atoms with Gasteiger partial charge >= 0.3 is 0 Å². The first kappa shape index (κ1) is 10.7. The SMILES string of the molecule is C=CCC(=O)NC1CC2CCC(C1)N2C. The van der Waals surface area contributed by atoms with Gasteiger partial charge in [0.25, 0.3) is 0 Å². The lowest BCUT2D eigenvalue weighted by Crippen LogP contribution is -2.48. The molecule has 2 aliphatic heterocycles. The lowest BCUT2D eigenvalue weighted by molar-refractivity contribution is -0.121. The smallest absolute Gasteiger partial charge is 0.224 e. The number of nitrogens with zero attached hydrogens (tertiary/aromatic N) is 1. The van der Waals surface area contributed by atoms with Crippen LogP contribution in [0.4, 0.5) is 0 Å². The number of carbonyl (C=O) groups is 1. The van der Waals surface area contributed by atoms with Crippen LogP contribution in [0.3, 0.4) is 0 Å². The standard InChI is InChI=1S/C12H20N2O/c1-3-4-12(15)13-9-7-10-5-6-11(8-9)14(10)2/h3,9-11H,1,4-8H2,2H3,(H,13,15). The highest BCUT2D eigenvalue weighted by Crippen LogP contribution is 2.34.